The van der Waals surface area contributed by atoms with Crippen molar-refractivity contribution in [3.8, 4) is 11.3 Å². The van der Waals surface area contributed by atoms with Crippen molar-refractivity contribution in [1.29, 1.82) is 0 Å². The molecule has 7 nitrogen and oxygen atoms in total. The van der Waals surface area contributed by atoms with Crippen LogP contribution in [-0.2, 0) is 0 Å². The minimum absolute atomic E-state index is 0.0187. The highest BCUT2D eigenvalue weighted by Gasteiger charge is 2.33. The van der Waals surface area contributed by atoms with Gasteiger partial charge in [-0.1, -0.05) is 13.0 Å². The molecule has 0 bridgehead atoms. The number of piperidine rings is 1. The molecule has 9 heteroatoms. The molecule has 39 heavy (non-hydrogen) atoms. The van der Waals surface area contributed by atoms with Gasteiger partial charge >= 0.3 is 0 Å². The van der Waals surface area contributed by atoms with Crippen molar-refractivity contribution < 1.29 is 8.78 Å². The Hall–Kier alpha value is -3.46. The molecule has 1 atom stereocenters. The highest BCUT2D eigenvalue weighted by atomic mass is 19.1. The smallest absolute Gasteiger partial charge is 0.229 e. The number of fused-ring (bicyclic) bond motifs is 1. The molecule has 2 fully saturated rings. The first-order valence-electron chi connectivity index (χ1n) is 14.0. The number of benzene rings is 1. The molecule has 0 unspecified atom stereocenters. The van der Waals surface area contributed by atoms with E-state index in [1.165, 1.54) is 50.4 Å². The van der Waals surface area contributed by atoms with Gasteiger partial charge in [0.1, 0.15) is 22.9 Å². The Morgan fingerprint density at radius 3 is 2.36 bits per heavy atom. The molecule has 0 spiro atoms. The highest BCUT2D eigenvalue weighted by Crippen LogP contribution is 2.36. The minimum atomic E-state index is -0.628. The van der Waals surface area contributed by atoms with Gasteiger partial charge in [0.05, 0.1) is 11.7 Å². The number of imidazole rings is 1. The quantitative estimate of drug-likeness (QED) is 0.284. The summed E-state index contributed by atoms with van der Waals surface area (Å²) >= 11 is 0. The van der Waals surface area contributed by atoms with Gasteiger partial charge in [-0.2, -0.15) is 0 Å². The molecular weight excluding hydrogens is 496 g/mol. The first-order valence-corrected chi connectivity index (χ1v) is 14.0. The number of hydrogen-bond acceptors (Lipinski definition) is 6. The van der Waals surface area contributed by atoms with E-state index >= 15 is 0 Å². The first-order chi connectivity index (χ1) is 18.8. The molecule has 2 aliphatic rings. The van der Waals surface area contributed by atoms with Gasteiger partial charge in [-0.15, -0.1) is 0 Å². The summed E-state index contributed by atoms with van der Waals surface area (Å²) in [6.45, 7) is 10.5. The zero-order chi connectivity index (χ0) is 27.3. The summed E-state index contributed by atoms with van der Waals surface area (Å²) in [7, 11) is 0. The summed E-state index contributed by atoms with van der Waals surface area (Å²) in [6, 6.07) is 7.93. The fourth-order valence-corrected chi connectivity index (χ4v) is 6.05. The number of anilines is 2. The molecule has 0 radical (unpaired) electrons. The average molecular weight is 532 g/mol. The average Bonchev–Trinajstić information content (AvgIpc) is 3.72. The van der Waals surface area contributed by atoms with E-state index in [0.717, 1.165) is 12.2 Å². The second kappa shape index (κ2) is 10.3. The number of pyridine rings is 1. The number of aryl methyl sites for hydroxylation is 1. The largest absolute Gasteiger partial charge is 0.326 e. The van der Waals surface area contributed by atoms with Gasteiger partial charge in [-0.3, -0.25) is 0 Å². The normalized spacial score (nSPS) is 17.7. The lowest BCUT2D eigenvalue weighted by atomic mass is 9.82. The molecule has 6 rings (SSSR count). The predicted molar refractivity (Wildman–Crippen MR) is 149 cm³/mol. The van der Waals surface area contributed by atoms with E-state index in [1.807, 2.05) is 37.6 Å². The van der Waals surface area contributed by atoms with Crippen LogP contribution in [-0.4, -0.2) is 48.5 Å². The lowest BCUT2D eigenvalue weighted by Gasteiger charge is -2.35. The fourth-order valence-electron chi connectivity index (χ4n) is 6.05. The molecule has 1 N–H and O–H groups in total. The van der Waals surface area contributed by atoms with Crippen molar-refractivity contribution >= 4 is 22.8 Å². The SMILES string of the molecule is Cc1nc2c(F)cc(-c3nc(Nc4ccc([C@@H](C)C5CCN(C6CC6)CC5)cn4)ncc3F)cc2n1C(C)C. The lowest BCUT2D eigenvalue weighted by Crippen LogP contribution is -2.36. The van der Waals surface area contributed by atoms with E-state index in [4.69, 9.17) is 0 Å². The Bertz CT molecular complexity index is 1490. The maximum atomic E-state index is 15.0. The van der Waals surface area contributed by atoms with E-state index in [-0.39, 0.29) is 23.2 Å². The standard InChI is InChI=1S/C30H35F2N7/c1-17(2)39-19(4)35-29-24(31)13-22(14-26(29)39)28-25(32)16-34-30(37-28)36-27-8-5-21(15-33-27)18(3)20-9-11-38(12-10-20)23-6-7-23/h5,8,13-18,20,23H,6-7,9-12H2,1-4H3,(H,33,34,36,37)/t18-/m0/s1. The van der Waals surface area contributed by atoms with Crippen LogP contribution in [0.15, 0.2) is 36.7 Å². The molecule has 1 saturated carbocycles. The second-order valence-electron chi connectivity index (χ2n) is 11.3. The molecule has 3 aromatic heterocycles. The van der Waals surface area contributed by atoms with E-state index in [2.05, 4.69) is 43.1 Å². The maximum absolute atomic E-state index is 15.0. The van der Waals surface area contributed by atoms with Crippen molar-refractivity contribution in [3.05, 3.63) is 59.7 Å². The summed E-state index contributed by atoms with van der Waals surface area (Å²) in [5, 5.41) is 3.08. The number of aromatic nitrogens is 5. The van der Waals surface area contributed by atoms with Crippen molar-refractivity contribution in [2.75, 3.05) is 18.4 Å². The summed E-state index contributed by atoms with van der Waals surface area (Å²) in [5.74, 6) is 1.43. The fraction of sp³-hybridized carbons (Fsp3) is 0.467. The summed E-state index contributed by atoms with van der Waals surface area (Å²) in [6.07, 6.45) is 8.20. The van der Waals surface area contributed by atoms with Crippen LogP contribution >= 0.6 is 0 Å². The lowest BCUT2D eigenvalue weighted by molar-refractivity contribution is 0.164. The van der Waals surface area contributed by atoms with Crippen LogP contribution in [0.25, 0.3) is 22.3 Å². The zero-order valence-corrected chi connectivity index (χ0v) is 23.0. The van der Waals surface area contributed by atoms with Gasteiger partial charge in [-0.25, -0.2) is 28.7 Å². The van der Waals surface area contributed by atoms with E-state index in [1.54, 1.807) is 6.07 Å². The molecule has 4 aromatic rings. The zero-order valence-electron chi connectivity index (χ0n) is 23.0. The van der Waals surface area contributed by atoms with Gasteiger partial charge < -0.3 is 14.8 Å². The van der Waals surface area contributed by atoms with Gasteiger partial charge in [0, 0.05) is 23.8 Å². The Labute approximate surface area is 227 Å². The first kappa shape index (κ1) is 25.8. The Morgan fingerprint density at radius 1 is 0.923 bits per heavy atom. The molecule has 1 saturated heterocycles. The predicted octanol–water partition coefficient (Wildman–Crippen LogP) is 6.78. The monoisotopic (exact) mass is 531 g/mol. The summed E-state index contributed by atoms with van der Waals surface area (Å²) in [4.78, 5) is 20.1. The Kier molecular flexibility index (Phi) is 6.79. The summed E-state index contributed by atoms with van der Waals surface area (Å²) < 4.78 is 31.8. The number of hydrogen-bond donors (Lipinski definition) is 1. The van der Waals surface area contributed by atoms with Gasteiger partial charge in [0.15, 0.2) is 11.6 Å². The number of halogens is 2. The molecule has 0 amide bonds. The van der Waals surface area contributed by atoms with Gasteiger partial charge in [-0.05, 0) is 95.1 Å². The summed E-state index contributed by atoms with van der Waals surface area (Å²) in [5.41, 5.74) is 2.44. The van der Waals surface area contributed by atoms with Crippen LogP contribution < -0.4 is 5.32 Å². The molecule has 1 aromatic carbocycles. The second-order valence-corrected chi connectivity index (χ2v) is 11.3. The Morgan fingerprint density at radius 2 is 1.69 bits per heavy atom. The third kappa shape index (κ3) is 5.12. The van der Waals surface area contributed by atoms with Crippen LogP contribution in [0.3, 0.4) is 0 Å². The van der Waals surface area contributed by atoms with Crippen LogP contribution in [0.2, 0.25) is 0 Å². The third-order valence-electron chi connectivity index (χ3n) is 8.36. The van der Waals surface area contributed by atoms with E-state index in [0.29, 0.717) is 34.6 Å². The molecule has 204 valence electrons. The number of rotatable bonds is 7. The molecule has 1 aliphatic heterocycles. The molecule has 1 aliphatic carbocycles. The van der Waals surface area contributed by atoms with Crippen molar-refractivity contribution in [2.24, 2.45) is 5.92 Å². The topological polar surface area (TPSA) is 71.8 Å². The van der Waals surface area contributed by atoms with Crippen LogP contribution in [0.1, 0.15) is 69.8 Å². The van der Waals surface area contributed by atoms with Crippen LogP contribution in [0.5, 0.6) is 0 Å². The van der Waals surface area contributed by atoms with Gasteiger partial charge in [0.25, 0.3) is 0 Å². The third-order valence-corrected chi connectivity index (χ3v) is 8.36. The van der Waals surface area contributed by atoms with Crippen LogP contribution in [0, 0.1) is 24.5 Å². The van der Waals surface area contributed by atoms with Gasteiger partial charge in [0.2, 0.25) is 5.95 Å². The van der Waals surface area contributed by atoms with E-state index < -0.39 is 11.6 Å². The number of nitrogens with one attached hydrogen (secondary N) is 1. The molecule has 4 heterocycles. The highest BCUT2D eigenvalue weighted by molar-refractivity contribution is 5.83. The van der Waals surface area contributed by atoms with Crippen molar-refractivity contribution in [3.63, 3.8) is 0 Å². The molecular formula is C30H35F2N7. The number of nitrogens with zero attached hydrogens (tertiary/aromatic N) is 6. The van der Waals surface area contributed by atoms with E-state index in [9.17, 15) is 8.78 Å². The van der Waals surface area contributed by atoms with Crippen molar-refractivity contribution in [1.82, 2.24) is 29.4 Å². The van der Waals surface area contributed by atoms with Crippen molar-refractivity contribution in [2.45, 2.75) is 71.4 Å². The Balaban J connectivity index is 1.20. The maximum Gasteiger partial charge on any atom is 0.229 e. The van der Waals surface area contributed by atoms with Crippen LogP contribution in [0.4, 0.5) is 20.5 Å². The number of likely N-dealkylation sites (tertiary alicyclic amines) is 1. The minimum Gasteiger partial charge on any atom is -0.326 e.